The van der Waals surface area contributed by atoms with Gasteiger partial charge in [0, 0.05) is 5.69 Å². The standard InChI is InChI=1S/C15H14FN3O3/c1-15(21,13-3-2-6-22-13)9-18-14(20)19-11-4-5-12(16)10(7-11)8-17/h2-7,21H,9H2,1H3,(H2,18,19,20). The minimum absolute atomic E-state index is 0.0847. The zero-order chi connectivity index (χ0) is 16.2. The monoisotopic (exact) mass is 303 g/mol. The normalized spacial score (nSPS) is 13.0. The molecule has 0 bridgehead atoms. The molecular formula is C15H14FN3O3. The van der Waals surface area contributed by atoms with Gasteiger partial charge in [-0.25, -0.2) is 9.18 Å². The first-order chi connectivity index (χ1) is 10.4. The molecule has 1 heterocycles. The predicted octanol–water partition coefficient (Wildman–Crippen LogP) is 2.32. The van der Waals surface area contributed by atoms with E-state index in [0.717, 1.165) is 6.07 Å². The average Bonchev–Trinajstić information content (AvgIpc) is 3.02. The van der Waals surface area contributed by atoms with E-state index < -0.39 is 17.4 Å². The number of hydrogen-bond acceptors (Lipinski definition) is 4. The molecule has 0 saturated heterocycles. The molecule has 114 valence electrons. The summed E-state index contributed by atoms with van der Waals surface area (Å²) in [6.07, 6.45) is 1.42. The summed E-state index contributed by atoms with van der Waals surface area (Å²) in [5.41, 5.74) is -1.25. The van der Waals surface area contributed by atoms with Crippen LogP contribution >= 0.6 is 0 Å². The molecule has 22 heavy (non-hydrogen) atoms. The Morgan fingerprint density at radius 1 is 1.50 bits per heavy atom. The molecule has 1 aromatic carbocycles. The van der Waals surface area contributed by atoms with Gasteiger partial charge >= 0.3 is 6.03 Å². The minimum atomic E-state index is -1.36. The van der Waals surface area contributed by atoms with Crippen molar-refractivity contribution in [2.24, 2.45) is 0 Å². The second kappa shape index (κ2) is 6.28. The Labute approximate surface area is 126 Å². The van der Waals surface area contributed by atoms with Crippen LogP contribution in [0.4, 0.5) is 14.9 Å². The number of urea groups is 1. The largest absolute Gasteiger partial charge is 0.466 e. The van der Waals surface area contributed by atoms with Crippen LogP contribution < -0.4 is 10.6 Å². The van der Waals surface area contributed by atoms with Gasteiger partial charge in [-0.05, 0) is 37.3 Å². The second-order valence-corrected chi connectivity index (χ2v) is 4.87. The molecule has 1 atom stereocenters. The maximum atomic E-state index is 13.2. The van der Waals surface area contributed by atoms with Gasteiger partial charge in [0.15, 0.2) is 0 Å². The van der Waals surface area contributed by atoms with Gasteiger partial charge in [-0.1, -0.05) is 0 Å². The van der Waals surface area contributed by atoms with Gasteiger partial charge in [0.1, 0.15) is 23.2 Å². The van der Waals surface area contributed by atoms with Gasteiger partial charge in [0.05, 0.1) is 18.4 Å². The molecule has 3 N–H and O–H groups in total. The van der Waals surface area contributed by atoms with E-state index in [-0.39, 0.29) is 17.8 Å². The van der Waals surface area contributed by atoms with Crippen molar-refractivity contribution in [3.8, 4) is 6.07 Å². The summed E-state index contributed by atoms with van der Waals surface area (Å²) in [5, 5.41) is 23.8. The molecule has 7 heteroatoms. The summed E-state index contributed by atoms with van der Waals surface area (Å²) >= 11 is 0. The van der Waals surface area contributed by atoms with Crippen molar-refractivity contribution < 1.29 is 18.7 Å². The predicted molar refractivity (Wildman–Crippen MR) is 76.4 cm³/mol. The van der Waals surface area contributed by atoms with Crippen LogP contribution in [0.2, 0.25) is 0 Å². The maximum Gasteiger partial charge on any atom is 0.319 e. The van der Waals surface area contributed by atoms with E-state index >= 15 is 0 Å². The molecule has 2 aromatic rings. The number of nitrogens with one attached hydrogen (secondary N) is 2. The van der Waals surface area contributed by atoms with Gasteiger partial charge in [0.25, 0.3) is 0 Å². The van der Waals surface area contributed by atoms with Gasteiger partial charge in [-0.15, -0.1) is 0 Å². The summed E-state index contributed by atoms with van der Waals surface area (Å²) in [6, 6.07) is 7.96. The Bertz CT molecular complexity index is 705. The Morgan fingerprint density at radius 3 is 2.91 bits per heavy atom. The van der Waals surface area contributed by atoms with E-state index in [9.17, 15) is 14.3 Å². The number of benzene rings is 1. The molecular weight excluding hydrogens is 289 g/mol. The zero-order valence-electron chi connectivity index (χ0n) is 11.8. The second-order valence-electron chi connectivity index (χ2n) is 4.87. The van der Waals surface area contributed by atoms with Crippen LogP contribution in [0.1, 0.15) is 18.2 Å². The molecule has 0 saturated carbocycles. The third kappa shape index (κ3) is 3.62. The first-order valence-corrected chi connectivity index (χ1v) is 6.43. The number of carbonyl (C=O) groups is 1. The number of rotatable bonds is 4. The van der Waals surface area contributed by atoms with Crippen LogP contribution in [0.25, 0.3) is 0 Å². The Balaban J connectivity index is 1.95. The van der Waals surface area contributed by atoms with Crippen molar-refractivity contribution in [1.82, 2.24) is 5.32 Å². The lowest BCUT2D eigenvalue weighted by Crippen LogP contribution is -2.40. The number of furan rings is 1. The molecule has 6 nitrogen and oxygen atoms in total. The smallest absolute Gasteiger partial charge is 0.319 e. The lowest BCUT2D eigenvalue weighted by atomic mass is 10.0. The van der Waals surface area contributed by atoms with E-state index in [0.29, 0.717) is 5.76 Å². The topological polar surface area (TPSA) is 98.3 Å². The van der Waals surface area contributed by atoms with Crippen molar-refractivity contribution in [2.75, 3.05) is 11.9 Å². The van der Waals surface area contributed by atoms with Gasteiger partial charge < -0.3 is 20.2 Å². The number of amides is 2. The molecule has 0 aliphatic heterocycles. The average molecular weight is 303 g/mol. The van der Waals surface area contributed by atoms with E-state index in [4.69, 9.17) is 9.68 Å². The van der Waals surface area contributed by atoms with Crippen LogP contribution in [-0.4, -0.2) is 17.7 Å². The highest BCUT2D eigenvalue weighted by Crippen LogP contribution is 2.20. The van der Waals surface area contributed by atoms with Crippen LogP contribution in [0, 0.1) is 17.1 Å². The fraction of sp³-hybridized carbons (Fsp3) is 0.200. The molecule has 1 unspecified atom stereocenters. The minimum Gasteiger partial charge on any atom is -0.466 e. The summed E-state index contributed by atoms with van der Waals surface area (Å²) in [4.78, 5) is 11.8. The molecule has 0 spiro atoms. The molecule has 2 rings (SSSR count). The first-order valence-electron chi connectivity index (χ1n) is 6.43. The van der Waals surface area contributed by atoms with E-state index in [1.807, 2.05) is 0 Å². The summed E-state index contributed by atoms with van der Waals surface area (Å²) in [6.45, 7) is 1.41. The fourth-order valence-electron chi connectivity index (χ4n) is 1.79. The Kier molecular flexibility index (Phi) is 4.44. The van der Waals surface area contributed by atoms with Crippen molar-refractivity contribution in [3.63, 3.8) is 0 Å². The lowest BCUT2D eigenvalue weighted by Gasteiger charge is -2.21. The number of hydrogen-bond donors (Lipinski definition) is 3. The number of carbonyl (C=O) groups excluding carboxylic acids is 1. The van der Waals surface area contributed by atoms with Gasteiger partial charge in [0.2, 0.25) is 0 Å². The van der Waals surface area contributed by atoms with Crippen molar-refractivity contribution in [3.05, 3.63) is 53.7 Å². The van der Waals surface area contributed by atoms with E-state index in [2.05, 4.69) is 10.6 Å². The quantitative estimate of drug-likeness (QED) is 0.807. The number of anilines is 1. The molecule has 2 amide bonds. The maximum absolute atomic E-state index is 13.2. The lowest BCUT2D eigenvalue weighted by molar-refractivity contribution is 0.0372. The van der Waals surface area contributed by atoms with Crippen LogP contribution in [0.15, 0.2) is 41.0 Å². The Morgan fingerprint density at radius 2 is 2.27 bits per heavy atom. The molecule has 0 radical (unpaired) electrons. The number of aliphatic hydroxyl groups is 1. The van der Waals surface area contributed by atoms with Crippen LogP contribution in [-0.2, 0) is 5.60 Å². The van der Waals surface area contributed by atoms with Gasteiger partial charge in [-0.2, -0.15) is 5.26 Å². The number of nitriles is 1. The SMILES string of the molecule is CC(O)(CNC(=O)Nc1ccc(F)c(C#N)c1)c1ccco1. The Hall–Kier alpha value is -2.85. The summed E-state index contributed by atoms with van der Waals surface area (Å²) in [5.74, 6) is -0.337. The zero-order valence-corrected chi connectivity index (χ0v) is 11.8. The van der Waals surface area contributed by atoms with Crippen LogP contribution in [0.3, 0.4) is 0 Å². The van der Waals surface area contributed by atoms with Crippen molar-refractivity contribution in [2.45, 2.75) is 12.5 Å². The first kappa shape index (κ1) is 15.5. The number of nitrogens with zero attached hydrogens (tertiary/aromatic N) is 1. The van der Waals surface area contributed by atoms with Crippen molar-refractivity contribution >= 4 is 11.7 Å². The summed E-state index contributed by atoms with van der Waals surface area (Å²) in [7, 11) is 0. The molecule has 0 aliphatic rings. The molecule has 0 fully saturated rings. The third-order valence-corrected chi connectivity index (χ3v) is 2.99. The van der Waals surface area contributed by atoms with Gasteiger partial charge in [-0.3, -0.25) is 0 Å². The number of halogens is 1. The van der Waals surface area contributed by atoms with E-state index in [1.54, 1.807) is 18.2 Å². The fourth-order valence-corrected chi connectivity index (χ4v) is 1.79. The highest BCUT2D eigenvalue weighted by molar-refractivity contribution is 5.89. The highest BCUT2D eigenvalue weighted by atomic mass is 19.1. The van der Waals surface area contributed by atoms with Crippen molar-refractivity contribution in [1.29, 1.82) is 5.26 Å². The highest BCUT2D eigenvalue weighted by Gasteiger charge is 2.26. The third-order valence-electron chi connectivity index (χ3n) is 2.99. The van der Waals surface area contributed by atoms with Crippen LogP contribution in [0.5, 0.6) is 0 Å². The van der Waals surface area contributed by atoms with E-state index in [1.165, 1.54) is 25.3 Å². The molecule has 0 aliphatic carbocycles. The summed E-state index contributed by atoms with van der Waals surface area (Å²) < 4.78 is 18.3. The molecule has 1 aromatic heterocycles.